The van der Waals surface area contributed by atoms with E-state index in [1.165, 1.54) is 0 Å². The fourth-order valence-corrected chi connectivity index (χ4v) is 3.20. The van der Waals surface area contributed by atoms with Crippen molar-refractivity contribution in [2.75, 3.05) is 33.2 Å². The van der Waals surface area contributed by atoms with E-state index >= 15 is 0 Å². The zero-order valence-corrected chi connectivity index (χ0v) is 14.5. The third-order valence-corrected chi connectivity index (χ3v) is 4.95. The van der Waals surface area contributed by atoms with Crippen LogP contribution in [0, 0.1) is 0 Å². The molecular weight excluding hydrogens is 264 g/mol. The van der Waals surface area contributed by atoms with E-state index in [-0.39, 0.29) is 5.91 Å². The van der Waals surface area contributed by atoms with Crippen LogP contribution in [0.4, 0.5) is 0 Å². The second kappa shape index (κ2) is 8.11. The second-order valence-corrected chi connectivity index (χ2v) is 6.81. The highest BCUT2D eigenvalue weighted by Crippen LogP contribution is 2.16. The zero-order chi connectivity index (χ0) is 16.0. The van der Waals surface area contributed by atoms with Crippen molar-refractivity contribution in [2.24, 2.45) is 5.73 Å². The standard InChI is InChI=1S/C16H34N4O/c1-6-18-16(4,15(17)21)9-7-8-10-20-11-13(2)19(5)14(3)12-20/h13-14,18H,6-12H2,1-5H3,(H2,17,21). The Hall–Kier alpha value is -0.650. The van der Waals surface area contributed by atoms with Gasteiger partial charge in [0.2, 0.25) is 5.91 Å². The Morgan fingerprint density at radius 2 is 1.86 bits per heavy atom. The summed E-state index contributed by atoms with van der Waals surface area (Å²) in [6.07, 6.45) is 2.97. The maximum Gasteiger partial charge on any atom is 0.237 e. The molecule has 5 nitrogen and oxygen atoms in total. The topological polar surface area (TPSA) is 61.6 Å². The number of hydrogen-bond donors (Lipinski definition) is 2. The molecule has 0 aromatic heterocycles. The first-order valence-electron chi connectivity index (χ1n) is 8.29. The molecule has 0 radical (unpaired) electrons. The number of nitrogens with one attached hydrogen (secondary N) is 1. The fraction of sp³-hybridized carbons (Fsp3) is 0.938. The van der Waals surface area contributed by atoms with E-state index < -0.39 is 5.54 Å². The molecule has 3 atom stereocenters. The highest BCUT2D eigenvalue weighted by molar-refractivity contribution is 5.84. The molecule has 1 aliphatic rings. The number of carbonyl (C=O) groups excluding carboxylic acids is 1. The van der Waals surface area contributed by atoms with Gasteiger partial charge in [0, 0.05) is 25.2 Å². The van der Waals surface area contributed by atoms with E-state index in [0.29, 0.717) is 12.1 Å². The van der Waals surface area contributed by atoms with Crippen LogP contribution in [0.15, 0.2) is 0 Å². The predicted molar refractivity (Wildman–Crippen MR) is 88.3 cm³/mol. The summed E-state index contributed by atoms with van der Waals surface area (Å²) in [6, 6.07) is 1.23. The number of primary amides is 1. The van der Waals surface area contributed by atoms with Crippen molar-refractivity contribution in [3.05, 3.63) is 0 Å². The summed E-state index contributed by atoms with van der Waals surface area (Å²) in [7, 11) is 2.21. The lowest BCUT2D eigenvalue weighted by Gasteiger charge is -2.42. The molecule has 1 fully saturated rings. The Balaban J connectivity index is 2.32. The number of carbonyl (C=O) groups is 1. The van der Waals surface area contributed by atoms with E-state index in [0.717, 1.165) is 45.4 Å². The van der Waals surface area contributed by atoms with Crippen molar-refractivity contribution >= 4 is 5.91 Å². The number of rotatable bonds is 8. The molecule has 1 amide bonds. The summed E-state index contributed by atoms with van der Waals surface area (Å²) in [5, 5.41) is 3.22. The molecule has 3 unspecified atom stereocenters. The quantitative estimate of drug-likeness (QED) is 0.657. The summed E-state index contributed by atoms with van der Waals surface area (Å²) < 4.78 is 0. The molecule has 0 aromatic rings. The van der Waals surface area contributed by atoms with Crippen molar-refractivity contribution in [1.82, 2.24) is 15.1 Å². The van der Waals surface area contributed by atoms with Gasteiger partial charge in [-0.15, -0.1) is 0 Å². The third kappa shape index (κ3) is 5.24. The van der Waals surface area contributed by atoms with Gasteiger partial charge in [0.25, 0.3) is 0 Å². The molecular formula is C16H34N4O. The molecule has 0 aliphatic carbocycles. The lowest BCUT2D eigenvalue weighted by atomic mass is 9.93. The molecule has 0 aromatic carbocycles. The largest absolute Gasteiger partial charge is 0.368 e. The lowest BCUT2D eigenvalue weighted by Crippen LogP contribution is -2.55. The van der Waals surface area contributed by atoms with Crippen molar-refractivity contribution in [2.45, 2.75) is 64.6 Å². The third-order valence-electron chi connectivity index (χ3n) is 4.95. The van der Waals surface area contributed by atoms with E-state index in [1.807, 2.05) is 13.8 Å². The van der Waals surface area contributed by atoms with Crippen LogP contribution < -0.4 is 11.1 Å². The van der Waals surface area contributed by atoms with E-state index in [4.69, 9.17) is 5.73 Å². The van der Waals surface area contributed by atoms with Crippen LogP contribution in [0.3, 0.4) is 0 Å². The normalized spacial score (nSPS) is 27.5. The Morgan fingerprint density at radius 3 is 2.33 bits per heavy atom. The number of amides is 1. The summed E-state index contributed by atoms with van der Waals surface area (Å²) in [6.45, 7) is 12.7. The summed E-state index contributed by atoms with van der Waals surface area (Å²) in [5.41, 5.74) is 4.96. The van der Waals surface area contributed by atoms with E-state index in [9.17, 15) is 4.79 Å². The zero-order valence-electron chi connectivity index (χ0n) is 14.5. The average molecular weight is 298 g/mol. The molecule has 0 spiro atoms. The van der Waals surface area contributed by atoms with Crippen molar-refractivity contribution < 1.29 is 4.79 Å². The number of likely N-dealkylation sites (N-methyl/N-ethyl adjacent to an activating group) is 2. The van der Waals surface area contributed by atoms with Gasteiger partial charge in [-0.05, 0) is 60.2 Å². The molecule has 1 rings (SSSR count). The molecule has 1 aliphatic heterocycles. The maximum absolute atomic E-state index is 11.6. The van der Waals surface area contributed by atoms with Crippen molar-refractivity contribution in [3.8, 4) is 0 Å². The van der Waals surface area contributed by atoms with Gasteiger partial charge in [0.05, 0.1) is 5.54 Å². The van der Waals surface area contributed by atoms with Crippen LogP contribution in [0.25, 0.3) is 0 Å². The summed E-state index contributed by atoms with van der Waals surface area (Å²) in [5.74, 6) is -0.244. The monoisotopic (exact) mass is 298 g/mol. The van der Waals surface area contributed by atoms with Gasteiger partial charge in [-0.2, -0.15) is 0 Å². The van der Waals surface area contributed by atoms with Gasteiger partial charge in [0.1, 0.15) is 0 Å². The minimum atomic E-state index is -0.558. The number of hydrogen-bond acceptors (Lipinski definition) is 4. The van der Waals surface area contributed by atoms with Gasteiger partial charge >= 0.3 is 0 Å². The molecule has 5 heteroatoms. The number of unbranched alkanes of at least 4 members (excludes halogenated alkanes) is 1. The summed E-state index contributed by atoms with van der Waals surface area (Å²) in [4.78, 5) is 16.6. The Morgan fingerprint density at radius 1 is 1.29 bits per heavy atom. The van der Waals surface area contributed by atoms with Gasteiger partial charge in [-0.1, -0.05) is 6.92 Å². The van der Waals surface area contributed by atoms with Gasteiger partial charge in [0.15, 0.2) is 0 Å². The predicted octanol–water partition coefficient (Wildman–Crippen LogP) is 1.03. The Kier molecular flexibility index (Phi) is 7.10. The Bertz CT molecular complexity index is 324. The van der Waals surface area contributed by atoms with Crippen molar-refractivity contribution in [1.29, 1.82) is 0 Å². The molecule has 1 saturated heterocycles. The van der Waals surface area contributed by atoms with Crippen LogP contribution in [-0.2, 0) is 4.79 Å². The van der Waals surface area contributed by atoms with Crippen LogP contribution in [0.5, 0.6) is 0 Å². The summed E-state index contributed by atoms with van der Waals surface area (Å²) >= 11 is 0. The molecule has 0 saturated carbocycles. The van der Waals surface area contributed by atoms with E-state index in [1.54, 1.807) is 0 Å². The number of nitrogens with two attached hydrogens (primary N) is 1. The smallest absolute Gasteiger partial charge is 0.237 e. The first-order chi connectivity index (χ1) is 9.80. The number of piperazine rings is 1. The molecule has 21 heavy (non-hydrogen) atoms. The first-order valence-corrected chi connectivity index (χ1v) is 8.29. The molecule has 124 valence electrons. The SMILES string of the molecule is CCNC(C)(CCCCN1CC(C)N(C)C(C)C1)C(N)=O. The lowest BCUT2D eigenvalue weighted by molar-refractivity contribution is -0.124. The molecule has 0 bridgehead atoms. The molecule has 3 N–H and O–H groups in total. The minimum Gasteiger partial charge on any atom is -0.368 e. The first kappa shape index (κ1) is 18.4. The van der Waals surface area contributed by atoms with Crippen LogP contribution in [0.1, 0.15) is 47.0 Å². The Labute approximate surface area is 130 Å². The van der Waals surface area contributed by atoms with Crippen LogP contribution in [0.2, 0.25) is 0 Å². The van der Waals surface area contributed by atoms with E-state index in [2.05, 4.69) is 36.0 Å². The highest BCUT2D eigenvalue weighted by Gasteiger charge is 2.29. The second-order valence-electron chi connectivity index (χ2n) is 6.81. The van der Waals surface area contributed by atoms with Crippen molar-refractivity contribution in [3.63, 3.8) is 0 Å². The average Bonchev–Trinajstić information content (AvgIpc) is 2.41. The van der Waals surface area contributed by atoms with Crippen LogP contribution in [-0.4, -0.2) is 66.6 Å². The maximum atomic E-state index is 11.6. The van der Waals surface area contributed by atoms with Gasteiger partial charge in [-0.25, -0.2) is 0 Å². The molecule has 1 heterocycles. The highest BCUT2D eigenvalue weighted by atomic mass is 16.1. The van der Waals surface area contributed by atoms with Gasteiger partial charge in [-0.3, -0.25) is 9.69 Å². The minimum absolute atomic E-state index is 0.244. The van der Waals surface area contributed by atoms with Crippen LogP contribution >= 0.6 is 0 Å². The number of nitrogens with zero attached hydrogens (tertiary/aromatic N) is 2. The van der Waals surface area contributed by atoms with Gasteiger partial charge < -0.3 is 16.0 Å². The fourth-order valence-electron chi connectivity index (χ4n) is 3.20.